The molecule has 0 spiro atoms. The number of nitrogens with one attached hydrogen (secondary N) is 1. The van der Waals surface area contributed by atoms with Crippen LogP contribution in [0.2, 0.25) is 0 Å². The first-order chi connectivity index (χ1) is 16.2. The summed E-state index contributed by atoms with van der Waals surface area (Å²) in [7, 11) is 0. The molecule has 4 rings (SSSR count). The Labute approximate surface area is 193 Å². The van der Waals surface area contributed by atoms with Gasteiger partial charge in [0.25, 0.3) is 11.6 Å². The number of morpholine rings is 2. The molecule has 0 atom stereocenters. The van der Waals surface area contributed by atoms with Gasteiger partial charge in [0.2, 0.25) is 0 Å². The number of ether oxygens (including phenoxy) is 2. The zero-order valence-corrected chi connectivity index (χ0v) is 18.1. The predicted molar refractivity (Wildman–Crippen MR) is 119 cm³/mol. The smallest absolute Gasteiger partial charge is 0.378 e. The van der Waals surface area contributed by atoms with Crippen LogP contribution in [0.15, 0.2) is 36.4 Å². The first-order valence-electron chi connectivity index (χ1n) is 10.7. The van der Waals surface area contributed by atoms with Crippen LogP contribution >= 0.6 is 0 Å². The summed E-state index contributed by atoms with van der Waals surface area (Å²) in [6, 6.07) is 7.19. The predicted octanol–water partition coefficient (Wildman–Crippen LogP) is 3.54. The number of amides is 1. The second kappa shape index (κ2) is 9.85. The van der Waals surface area contributed by atoms with Crippen LogP contribution in [0.1, 0.15) is 15.9 Å². The summed E-state index contributed by atoms with van der Waals surface area (Å²) in [6.45, 7) is 3.52. The van der Waals surface area contributed by atoms with Crippen molar-refractivity contribution in [2.45, 2.75) is 6.18 Å². The van der Waals surface area contributed by atoms with Gasteiger partial charge in [-0.25, -0.2) is 0 Å². The van der Waals surface area contributed by atoms with Gasteiger partial charge >= 0.3 is 6.18 Å². The van der Waals surface area contributed by atoms with Crippen molar-refractivity contribution in [1.82, 2.24) is 0 Å². The maximum Gasteiger partial charge on any atom is 0.416 e. The number of carbonyl (C=O) groups is 1. The maximum absolute atomic E-state index is 13.3. The lowest BCUT2D eigenvalue weighted by Crippen LogP contribution is -2.37. The third-order valence-corrected chi connectivity index (χ3v) is 5.71. The van der Waals surface area contributed by atoms with E-state index < -0.39 is 22.6 Å². The molecule has 0 radical (unpaired) electrons. The van der Waals surface area contributed by atoms with Gasteiger partial charge in [0.1, 0.15) is 5.69 Å². The molecule has 12 heteroatoms. The van der Waals surface area contributed by atoms with Gasteiger partial charge in [0.05, 0.1) is 48.3 Å². The molecule has 2 saturated heterocycles. The third kappa shape index (κ3) is 5.23. The molecule has 2 aromatic carbocycles. The lowest BCUT2D eigenvalue weighted by molar-refractivity contribution is -0.384. The molecule has 182 valence electrons. The molecular formula is C22H23F3N4O5. The van der Waals surface area contributed by atoms with Crippen LogP contribution in [0, 0.1) is 10.1 Å². The second-order valence-electron chi connectivity index (χ2n) is 7.84. The van der Waals surface area contributed by atoms with E-state index in [0.717, 1.165) is 18.2 Å². The van der Waals surface area contributed by atoms with Crippen molar-refractivity contribution in [2.24, 2.45) is 0 Å². The number of hydrogen-bond acceptors (Lipinski definition) is 7. The number of benzene rings is 2. The average Bonchev–Trinajstić information content (AvgIpc) is 2.84. The van der Waals surface area contributed by atoms with Gasteiger partial charge in [-0.3, -0.25) is 14.9 Å². The van der Waals surface area contributed by atoms with Crippen molar-refractivity contribution < 1.29 is 32.4 Å². The lowest BCUT2D eigenvalue weighted by atomic mass is 10.1. The van der Waals surface area contributed by atoms with E-state index in [1.807, 2.05) is 4.90 Å². The van der Waals surface area contributed by atoms with Crippen molar-refractivity contribution in [3.8, 4) is 0 Å². The molecular weight excluding hydrogens is 457 g/mol. The van der Waals surface area contributed by atoms with Crippen LogP contribution < -0.4 is 15.1 Å². The van der Waals surface area contributed by atoms with Crippen molar-refractivity contribution >= 4 is 28.7 Å². The number of halogens is 3. The molecule has 0 saturated carbocycles. The molecule has 0 unspecified atom stereocenters. The van der Waals surface area contributed by atoms with E-state index in [1.54, 1.807) is 4.90 Å². The number of hydrogen-bond donors (Lipinski definition) is 1. The topological polar surface area (TPSA) is 97.2 Å². The Morgan fingerprint density at radius 2 is 1.47 bits per heavy atom. The normalized spacial score (nSPS) is 16.9. The molecule has 0 bridgehead atoms. The van der Waals surface area contributed by atoms with Crippen LogP contribution in [0.5, 0.6) is 0 Å². The number of nitro groups is 1. The van der Waals surface area contributed by atoms with Crippen molar-refractivity contribution in [1.29, 1.82) is 0 Å². The standard InChI is InChI=1S/C22H23F3N4O5/c23-22(24,25)16-2-4-18(27-5-9-33-10-6-27)17(14-16)26-21(30)15-1-3-19(20(13-15)29(31)32)28-7-11-34-12-8-28/h1-4,13-14H,5-12H2,(H,26,30). The first-order valence-corrected chi connectivity index (χ1v) is 10.7. The van der Waals surface area contributed by atoms with Crippen molar-refractivity contribution in [3.63, 3.8) is 0 Å². The second-order valence-corrected chi connectivity index (χ2v) is 7.84. The number of nitro benzene ring substituents is 1. The summed E-state index contributed by atoms with van der Waals surface area (Å²) in [5, 5.41) is 14.2. The van der Waals surface area contributed by atoms with E-state index >= 15 is 0 Å². The number of nitrogens with zero attached hydrogens (tertiary/aromatic N) is 3. The highest BCUT2D eigenvalue weighted by Gasteiger charge is 2.32. The number of alkyl halides is 3. The minimum Gasteiger partial charge on any atom is -0.378 e. The monoisotopic (exact) mass is 480 g/mol. The molecule has 2 aliphatic heterocycles. The summed E-state index contributed by atoms with van der Waals surface area (Å²) < 4.78 is 50.6. The Hall–Kier alpha value is -3.38. The number of carbonyl (C=O) groups excluding carboxylic acids is 1. The lowest BCUT2D eigenvalue weighted by Gasteiger charge is -2.31. The minimum atomic E-state index is -4.60. The van der Waals surface area contributed by atoms with Crippen molar-refractivity contribution in [3.05, 3.63) is 57.6 Å². The first kappa shape index (κ1) is 23.8. The number of rotatable bonds is 5. The third-order valence-electron chi connectivity index (χ3n) is 5.71. The van der Waals surface area contributed by atoms with Gasteiger partial charge in [-0.1, -0.05) is 0 Å². The summed E-state index contributed by atoms with van der Waals surface area (Å²) in [6.07, 6.45) is -4.60. The van der Waals surface area contributed by atoms with E-state index in [1.165, 1.54) is 18.2 Å². The summed E-state index contributed by atoms with van der Waals surface area (Å²) in [4.78, 5) is 27.7. The van der Waals surface area contributed by atoms with E-state index in [-0.39, 0.29) is 16.9 Å². The fraction of sp³-hybridized carbons (Fsp3) is 0.409. The molecule has 2 aliphatic rings. The molecule has 0 aromatic heterocycles. The fourth-order valence-corrected chi connectivity index (χ4v) is 3.97. The van der Waals surface area contributed by atoms with Gasteiger partial charge in [-0.05, 0) is 30.3 Å². The van der Waals surface area contributed by atoms with Crippen LogP contribution in [-0.4, -0.2) is 63.4 Å². The Balaban J connectivity index is 1.64. The maximum atomic E-state index is 13.3. The Kier molecular flexibility index (Phi) is 6.89. The molecule has 1 amide bonds. The molecule has 34 heavy (non-hydrogen) atoms. The summed E-state index contributed by atoms with van der Waals surface area (Å²) in [5.74, 6) is -0.745. The summed E-state index contributed by atoms with van der Waals surface area (Å²) >= 11 is 0. The van der Waals surface area contributed by atoms with Crippen LogP contribution in [0.3, 0.4) is 0 Å². The van der Waals surface area contributed by atoms with E-state index in [0.29, 0.717) is 64.0 Å². The highest BCUT2D eigenvalue weighted by molar-refractivity contribution is 6.06. The quantitative estimate of drug-likeness (QED) is 0.517. The van der Waals surface area contributed by atoms with Gasteiger partial charge in [-0.2, -0.15) is 13.2 Å². The molecule has 9 nitrogen and oxygen atoms in total. The van der Waals surface area contributed by atoms with Gasteiger partial charge < -0.3 is 24.6 Å². The average molecular weight is 480 g/mol. The highest BCUT2D eigenvalue weighted by atomic mass is 19.4. The molecule has 2 heterocycles. The van der Waals surface area contributed by atoms with Crippen LogP contribution in [0.4, 0.5) is 35.9 Å². The van der Waals surface area contributed by atoms with E-state index in [2.05, 4.69) is 5.32 Å². The van der Waals surface area contributed by atoms with Crippen molar-refractivity contribution in [2.75, 3.05) is 67.7 Å². The zero-order chi connectivity index (χ0) is 24.3. The van der Waals surface area contributed by atoms with Crippen LogP contribution in [-0.2, 0) is 15.7 Å². The Bertz CT molecular complexity index is 1070. The largest absolute Gasteiger partial charge is 0.416 e. The zero-order valence-electron chi connectivity index (χ0n) is 18.1. The van der Waals surface area contributed by atoms with Gasteiger partial charge in [0.15, 0.2) is 0 Å². The Morgan fingerprint density at radius 3 is 2.03 bits per heavy atom. The van der Waals surface area contributed by atoms with Crippen LogP contribution in [0.25, 0.3) is 0 Å². The highest BCUT2D eigenvalue weighted by Crippen LogP contribution is 2.36. The SMILES string of the molecule is O=C(Nc1cc(C(F)(F)F)ccc1N1CCOCC1)c1ccc(N2CCOCC2)c([N+](=O)[O-])c1. The van der Waals surface area contributed by atoms with Gasteiger partial charge in [-0.15, -0.1) is 0 Å². The molecule has 0 aliphatic carbocycles. The molecule has 2 aromatic rings. The number of anilines is 3. The molecule has 1 N–H and O–H groups in total. The van der Waals surface area contributed by atoms with E-state index in [4.69, 9.17) is 9.47 Å². The van der Waals surface area contributed by atoms with Gasteiger partial charge in [0, 0.05) is 37.8 Å². The minimum absolute atomic E-state index is 0.0263. The fourth-order valence-electron chi connectivity index (χ4n) is 3.97. The Morgan fingerprint density at radius 1 is 0.912 bits per heavy atom. The molecule has 2 fully saturated rings. The van der Waals surface area contributed by atoms with E-state index in [9.17, 15) is 28.1 Å². The summed E-state index contributed by atoms with van der Waals surface area (Å²) in [5.41, 5.74) is -0.446.